The Hall–Kier alpha value is -1.69. The number of aliphatic carboxylic acids is 1. The van der Waals surface area contributed by atoms with Crippen LogP contribution in [0.15, 0.2) is 12.1 Å². The number of carboxylic acid groups (broad SMARTS) is 1. The number of benzene rings is 1. The predicted molar refractivity (Wildman–Crippen MR) is 64.8 cm³/mol. The van der Waals surface area contributed by atoms with Crippen LogP contribution in [0, 0.1) is 13.8 Å². The molecule has 1 aromatic rings. The van der Waals surface area contributed by atoms with Crippen molar-refractivity contribution in [3.8, 4) is 5.75 Å². The average Bonchev–Trinajstić information content (AvgIpc) is 2.27. The minimum Gasteiger partial charge on any atom is -0.496 e. The minimum absolute atomic E-state index is 0.214. The van der Waals surface area contributed by atoms with Gasteiger partial charge < -0.3 is 14.6 Å². The summed E-state index contributed by atoms with van der Waals surface area (Å²) in [6, 6.07) is 2.63. The second-order valence-corrected chi connectivity index (χ2v) is 4.23. The van der Waals surface area contributed by atoms with Gasteiger partial charge in [-0.25, -0.2) is 4.79 Å². The number of ether oxygens (including phenoxy) is 2. The lowest BCUT2D eigenvalue weighted by Crippen LogP contribution is -2.23. The van der Waals surface area contributed by atoms with E-state index in [1.807, 2.05) is 0 Å². The summed E-state index contributed by atoms with van der Waals surface area (Å²) in [4.78, 5) is 10.2. The molecule has 106 valence electrons. The maximum absolute atomic E-state index is 13.8. The van der Waals surface area contributed by atoms with E-state index in [1.165, 1.54) is 19.2 Å². The standard InChI is InChI=1S/C13H16F2O4/c1-8-4-10(5-9(2)12(8)18-3)13(14,15)7-19-6-11(16)17/h4-5H,6-7H2,1-3H3,(H,16,17). The van der Waals surface area contributed by atoms with Crippen molar-refractivity contribution in [2.75, 3.05) is 20.3 Å². The molecular weight excluding hydrogens is 258 g/mol. The molecule has 0 aromatic heterocycles. The van der Waals surface area contributed by atoms with Gasteiger partial charge in [-0.15, -0.1) is 0 Å². The van der Waals surface area contributed by atoms with E-state index in [0.717, 1.165) is 0 Å². The molecule has 0 aliphatic rings. The van der Waals surface area contributed by atoms with Gasteiger partial charge in [0, 0.05) is 5.56 Å². The van der Waals surface area contributed by atoms with Crippen molar-refractivity contribution in [1.82, 2.24) is 0 Å². The molecule has 0 fully saturated rings. The minimum atomic E-state index is -3.24. The zero-order valence-corrected chi connectivity index (χ0v) is 11.0. The fraction of sp³-hybridized carbons (Fsp3) is 0.462. The second-order valence-electron chi connectivity index (χ2n) is 4.23. The molecule has 0 spiro atoms. The summed E-state index contributed by atoms with van der Waals surface area (Å²) in [5.74, 6) is -3.96. The van der Waals surface area contributed by atoms with Gasteiger partial charge in [0.05, 0.1) is 7.11 Å². The second kappa shape index (κ2) is 5.97. The molecule has 19 heavy (non-hydrogen) atoms. The molecular formula is C13H16F2O4. The summed E-state index contributed by atoms with van der Waals surface area (Å²) < 4.78 is 37.3. The van der Waals surface area contributed by atoms with Crippen molar-refractivity contribution in [2.45, 2.75) is 19.8 Å². The molecule has 6 heteroatoms. The molecule has 0 bridgehead atoms. The number of alkyl halides is 2. The van der Waals surface area contributed by atoms with E-state index in [-0.39, 0.29) is 5.56 Å². The number of aryl methyl sites for hydroxylation is 2. The third kappa shape index (κ3) is 3.89. The van der Waals surface area contributed by atoms with Crippen LogP contribution in [0.4, 0.5) is 8.78 Å². The number of hydrogen-bond donors (Lipinski definition) is 1. The number of rotatable bonds is 6. The van der Waals surface area contributed by atoms with Gasteiger partial charge in [0.15, 0.2) is 0 Å². The summed E-state index contributed by atoms with van der Waals surface area (Å²) in [6.45, 7) is 1.63. The SMILES string of the molecule is COc1c(C)cc(C(F)(F)COCC(=O)O)cc1C. The van der Waals surface area contributed by atoms with Gasteiger partial charge in [-0.3, -0.25) is 0 Å². The first kappa shape index (κ1) is 15.4. The van der Waals surface area contributed by atoms with Gasteiger partial charge in [0.2, 0.25) is 0 Å². The van der Waals surface area contributed by atoms with Crippen LogP contribution in [-0.4, -0.2) is 31.4 Å². The van der Waals surface area contributed by atoms with Gasteiger partial charge >= 0.3 is 5.97 Å². The van der Waals surface area contributed by atoms with Crippen molar-refractivity contribution >= 4 is 5.97 Å². The van der Waals surface area contributed by atoms with Crippen molar-refractivity contribution in [3.63, 3.8) is 0 Å². The van der Waals surface area contributed by atoms with E-state index in [9.17, 15) is 13.6 Å². The van der Waals surface area contributed by atoms with Crippen LogP contribution in [0.25, 0.3) is 0 Å². The molecule has 1 aromatic carbocycles. The zero-order valence-electron chi connectivity index (χ0n) is 11.0. The molecule has 0 saturated heterocycles. The molecule has 0 aliphatic heterocycles. The Bertz CT molecular complexity index is 449. The van der Waals surface area contributed by atoms with Gasteiger partial charge in [-0.05, 0) is 37.1 Å². The maximum atomic E-state index is 13.8. The van der Waals surface area contributed by atoms with E-state index in [4.69, 9.17) is 9.84 Å². The fourth-order valence-corrected chi connectivity index (χ4v) is 1.83. The smallest absolute Gasteiger partial charge is 0.329 e. The number of methoxy groups -OCH3 is 1. The topological polar surface area (TPSA) is 55.8 Å². The fourth-order valence-electron chi connectivity index (χ4n) is 1.83. The molecule has 4 nitrogen and oxygen atoms in total. The van der Waals surface area contributed by atoms with Crippen molar-refractivity contribution in [1.29, 1.82) is 0 Å². The highest BCUT2D eigenvalue weighted by molar-refractivity contribution is 5.68. The lowest BCUT2D eigenvalue weighted by atomic mass is 10.0. The van der Waals surface area contributed by atoms with Crippen LogP contribution >= 0.6 is 0 Å². The van der Waals surface area contributed by atoms with Crippen LogP contribution in [0.5, 0.6) is 5.75 Å². The van der Waals surface area contributed by atoms with Crippen molar-refractivity contribution in [3.05, 3.63) is 28.8 Å². The monoisotopic (exact) mass is 274 g/mol. The van der Waals surface area contributed by atoms with Crippen molar-refractivity contribution in [2.24, 2.45) is 0 Å². The van der Waals surface area contributed by atoms with Crippen LogP contribution < -0.4 is 4.74 Å². The van der Waals surface area contributed by atoms with Crippen molar-refractivity contribution < 1.29 is 28.2 Å². The average molecular weight is 274 g/mol. The normalized spacial score (nSPS) is 11.4. The quantitative estimate of drug-likeness (QED) is 0.866. The molecule has 0 aliphatic carbocycles. The molecule has 0 atom stereocenters. The highest BCUT2D eigenvalue weighted by Gasteiger charge is 2.33. The summed E-state index contributed by atoms with van der Waals surface area (Å²) in [5, 5.41) is 8.35. The Kier molecular flexibility index (Phi) is 4.83. The highest BCUT2D eigenvalue weighted by Crippen LogP contribution is 2.33. The molecule has 1 rings (SSSR count). The van der Waals surface area contributed by atoms with E-state index < -0.39 is 25.1 Å². The van der Waals surface area contributed by atoms with E-state index in [2.05, 4.69) is 4.74 Å². The first-order valence-electron chi connectivity index (χ1n) is 5.61. The van der Waals surface area contributed by atoms with E-state index in [1.54, 1.807) is 13.8 Å². The van der Waals surface area contributed by atoms with Gasteiger partial charge in [0.25, 0.3) is 5.92 Å². The summed E-state index contributed by atoms with van der Waals surface area (Å²) in [6.07, 6.45) is 0. The van der Waals surface area contributed by atoms with E-state index in [0.29, 0.717) is 16.9 Å². The van der Waals surface area contributed by atoms with Crippen LogP contribution in [0.3, 0.4) is 0 Å². The highest BCUT2D eigenvalue weighted by atomic mass is 19.3. The molecule has 0 amide bonds. The Morgan fingerprint density at radius 2 is 1.84 bits per heavy atom. The first-order valence-corrected chi connectivity index (χ1v) is 5.61. The number of halogens is 2. The number of carbonyl (C=O) groups is 1. The van der Waals surface area contributed by atoms with E-state index >= 15 is 0 Å². The molecule has 1 N–H and O–H groups in total. The molecule has 0 unspecified atom stereocenters. The Morgan fingerprint density at radius 3 is 2.26 bits per heavy atom. The molecule has 0 radical (unpaired) electrons. The molecule has 0 saturated carbocycles. The molecule has 0 heterocycles. The van der Waals surface area contributed by atoms with Crippen LogP contribution in [0.1, 0.15) is 16.7 Å². The van der Waals surface area contributed by atoms with Crippen LogP contribution in [-0.2, 0) is 15.5 Å². The summed E-state index contributed by atoms with van der Waals surface area (Å²) in [5.41, 5.74) is 0.972. The third-order valence-corrected chi connectivity index (χ3v) is 2.60. The Labute approximate surface area is 109 Å². The van der Waals surface area contributed by atoms with Gasteiger partial charge in [-0.2, -0.15) is 8.78 Å². The summed E-state index contributed by atoms with van der Waals surface area (Å²) in [7, 11) is 1.48. The van der Waals surface area contributed by atoms with Crippen LogP contribution in [0.2, 0.25) is 0 Å². The lowest BCUT2D eigenvalue weighted by molar-refractivity contribution is -0.147. The Balaban J connectivity index is 2.92. The lowest BCUT2D eigenvalue weighted by Gasteiger charge is -2.19. The number of carboxylic acids is 1. The maximum Gasteiger partial charge on any atom is 0.329 e. The predicted octanol–water partition coefficient (Wildman–Crippen LogP) is 2.51. The Morgan fingerprint density at radius 1 is 1.32 bits per heavy atom. The van der Waals surface area contributed by atoms with Gasteiger partial charge in [0.1, 0.15) is 19.0 Å². The van der Waals surface area contributed by atoms with Gasteiger partial charge in [-0.1, -0.05) is 0 Å². The summed E-state index contributed by atoms with van der Waals surface area (Å²) >= 11 is 0. The third-order valence-electron chi connectivity index (χ3n) is 2.60. The first-order chi connectivity index (χ1) is 8.77. The largest absolute Gasteiger partial charge is 0.496 e. The number of hydrogen-bond acceptors (Lipinski definition) is 3. The zero-order chi connectivity index (χ0) is 14.6.